The molecule has 0 atom stereocenters. The number of carbonyl (C=O) groups excluding carboxylic acids is 1. The van der Waals surface area contributed by atoms with Crippen molar-refractivity contribution in [2.24, 2.45) is 0 Å². The van der Waals surface area contributed by atoms with Gasteiger partial charge in [-0.3, -0.25) is 4.79 Å². The van der Waals surface area contributed by atoms with Crippen molar-refractivity contribution in [1.29, 1.82) is 5.26 Å². The molecule has 0 aliphatic rings. The van der Waals surface area contributed by atoms with Gasteiger partial charge in [0.25, 0.3) is 0 Å². The highest BCUT2D eigenvalue weighted by Crippen LogP contribution is 2.36. The SMILES string of the molecule is CC(=O)c1cc(Cl)c(C)c(C#N)c1OS(=O)(=O)C(F)(F)F. The topological polar surface area (TPSA) is 84.2 Å². The van der Waals surface area contributed by atoms with Crippen molar-refractivity contribution in [3.63, 3.8) is 0 Å². The fourth-order valence-corrected chi connectivity index (χ4v) is 2.06. The van der Waals surface area contributed by atoms with Crippen LogP contribution in [0, 0.1) is 18.3 Å². The Morgan fingerprint density at radius 1 is 1.43 bits per heavy atom. The first-order valence-corrected chi connectivity index (χ1v) is 6.96. The predicted molar refractivity (Wildman–Crippen MR) is 66.5 cm³/mol. The van der Waals surface area contributed by atoms with Crippen molar-refractivity contribution in [2.45, 2.75) is 19.4 Å². The lowest BCUT2D eigenvalue weighted by Gasteiger charge is -2.15. The molecule has 1 aromatic carbocycles. The average Bonchev–Trinajstić information content (AvgIpc) is 2.32. The maximum atomic E-state index is 12.4. The number of nitriles is 1. The number of nitrogens with zero attached hydrogens (tertiary/aromatic N) is 1. The molecule has 0 amide bonds. The summed E-state index contributed by atoms with van der Waals surface area (Å²) in [6.45, 7) is 2.24. The number of carbonyl (C=O) groups is 1. The Bertz CT molecular complexity index is 750. The Hall–Kier alpha value is -1.79. The number of hydrogen-bond acceptors (Lipinski definition) is 5. The summed E-state index contributed by atoms with van der Waals surface area (Å²) in [6.07, 6.45) is 0. The van der Waals surface area contributed by atoms with Crippen LogP contribution in [0.5, 0.6) is 5.75 Å². The molecule has 0 aliphatic heterocycles. The van der Waals surface area contributed by atoms with E-state index in [2.05, 4.69) is 4.18 Å². The van der Waals surface area contributed by atoms with Crippen LogP contribution < -0.4 is 4.18 Å². The second-order valence-electron chi connectivity index (χ2n) is 3.89. The van der Waals surface area contributed by atoms with E-state index in [0.29, 0.717) is 0 Å². The van der Waals surface area contributed by atoms with Crippen LogP contribution in [0.3, 0.4) is 0 Å². The smallest absolute Gasteiger partial charge is 0.374 e. The molecule has 5 nitrogen and oxygen atoms in total. The van der Waals surface area contributed by atoms with E-state index >= 15 is 0 Å². The molecular weight excluding hydrogens is 335 g/mol. The van der Waals surface area contributed by atoms with Crippen LogP contribution in [-0.2, 0) is 10.1 Å². The molecule has 1 aromatic rings. The minimum atomic E-state index is -6.02. The summed E-state index contributed by atoms with van der Waals surface area (Å²) < 4.78 is 63.2. The lowest BCUT2D eigenvalue weighted by Crippen LogP contribution is -2.29. The molecule has 0 saturated heterocycles. The van der Waals surface area contributed by atoms with E-state index in [-0.39, 0.29) is 10.6 Å². The van der Waals surface area contributed by atoms with E-state index in [1.807, 2.05) is 0 Å². The summed E-state index contributed by atoms with van der Waals surface area (Å²) in [5.41, 5.74) is -6.78. The minimum Gasteiger partial charge on any atom is -0.374 e. The lowest BCUT2D eigenvalue weighted by molar-refractivity contribution is -0.0500. The molecule has 0 aliphatic carbocycles. The third-order valence-electron chi connectivity index (χ3n) is 2.44. The second kappa shape index (κ2) is 5.54. The molecule has 10 heteroatoms. The minimum absolute atomic E-state index is 0.00320. The van der Waals surface area contributed by atoms with E-state index in [1.54, 1.807) is 0 Å². The van der Waals surface area contributed by atoms with E-state index < -0.39 is 38.3 Å². The van der Waals surface area contributed by atoms with Gasteiger partial charge in [0.1, 0.15) is 11.6 Å². The third kappa shape index (κ3) is 3.28. The maximum Gasteiger partial charge on any atom is 0.534 e. The molecule has 0 fully saturated rings. The largest absolute Gasteiger partial charge is 0.534 e. The number of halogens is 4. The van der Waals surface area contributed by atoms with Crippen LogP contribution in [0.15, 0.2) is 6.07 Å². The van der Waals surface area contributed by atoms with Gasteiger partial charge in [-0.25, -0.2) is 0 Å². The van der Waals surface area contributed by atoms with E-state index in [0.717, 1.165) is 13.0 Å². The normalized spacial score (nSPS) is 11.9. The summed E-state index contributed by atoms with van der Waals surface area (Å²) in [5, 5.41) is 8.88. The Balaban J connectivity index is 3.67. The molecule has 1 rings (SSSR count). The zero-order valence-corrected chi connectivity index (χ0v) is 12.2. The van der Waals surface area contributed by atoms with Crippen molar-refractivity contribution in [1.82, 2.24) is 0 Å². The lowest BCUT2D eigenvalue weighted by atomic mass is 10.0. The first-order valence-electron chi connectivity index (χ1n) is 5.17. The van der Waals surface area contributed by atoms with Crippen LogP contribution >= 0.6 is 11.6 Å². The molecular formula is C11H7ClF3NO4S. The van der Waals surface area contributed by atoms with Gasteiger partial charge in [0.15, 0.2) is 11.5 Å². The van der Waals surface area contributed by atoms with Crippen molar-refractivity contribution >= 4 is 27.5 Å². The molecule has 0 spiro atoms. The van der Waals surface area contributed by atoms with Crippen LogP contribution in [0.4, 0.5) is 13.2 Å². The Morgan fingerprint density at radius 2 is 1.95 bits per heavy atom. The molecule has 21 heavy (non-hydrogen) atoms. The molecule has 0 unspecified atom stereocenters. The number of Topliss-reactive ketones (excluding diaryl/α,β-unsaturated/α-hetero) is 1. The highest BCUT2D eigenvalue weighted by atomic mass is 35.5. The molecule has 0 N–H and O–H groups in total. The first kappa shape index (κ1) is 17.3. The van der Waals surface area contributed by atoms with E-state index in [1.165, 1.54) is 13.0 Å². The zero-order valence-electron chi connectivity index (χ0n) is 10.6. The number of benzene rings is 1. The number of alkyl halides is 3. The highest BCUT2D eigenvalue weighted by Gasteiger charge is 2.49. The molecule has 0 saturated carbocycles. The van der Waals surface area contributed by atoms with Gasteiger partial charge in [0.2, 0.25) is 0 Å². The van der Waals surface area contributed by atoms with Gasteiger partial charge in [-0.1, -0.05) is 11.6 Å². The number of rotatable bonds is 3. The maximum absolute atomic E-state index is 12.4. The predicted octanol–water partition coefficient (Wildman–Crippen LogP) is 2.95. The monoisotopic (exact) mass is 341 g/mol. The summed E-state index contributed by atoms with van der Waals surface area (Å²) >= 11 is 5.74. The number of ketones is 1. The van der Waals surface area contributed by atoms with Gasteiger partial charge < -0.3 is 4.18 Å². The van der Waals surface area contributed by atoms with Gasteiger partial charge in [0, 0.05) is 5.02 Å². The van der Waals surface area contributed by atoms with Crippen molar-refractivity contribution in [3.8, 4) is 11.8 Å². The first-order chi connectivity index (χ1) is 9.42. The quantitative estimate of drug-likeness (QED) is 0.479. The van der Waals surface area contributed by atoms with E-state index in [4.69, 9.17) is 16.9 Å². The highest BCUT2D eigenvalue weighted by molar-refractivity contribution is 7.88. The van der Waals surface area contributed by atoms with Gasteiger partial charge in [-0.15, -0.1) is 0 Å². The second-order valence-corrected chi connectivity index (χ2v) is 5.83. The average molecular weight is 342 g/mol. The summed E-state index contributed by atoms with van der Waals surface area (Å²) in [6, 6.07) is 2.43. The molecule has 0 bridgehead atoms. The van der Waals surface area contributed by atoms with Crippen LogP contribution in [-0.4, -0.2) is 19.7 Å². The number of hydrogen-bond donors (Lipinski definition) is 0. The van der Waals surface area contributed by atoms with Crippen molar-refractivity contribution in [3.05, 3.63) is 27.8 Å². The molecule has 114 valence electrons. The van der Waals surface area contributed by atoms with E-state index in [9.17, 15) is 26.4 Å². The molecule has 0 heterocycles. The zero-order chi connectivity index (χ0) is 16.6. The summed E-state index contributed by atoms with van der Waals surface area (Å²) in [7, 11) is -6.02. The summed E-state index contributed by atoms with van der Waals surface area (Å²) in [4.78, 5) is 11.4. The van der Waals surface area contributed by atoms with Crippen LogP contribution in [0.25, 0.3) is 0 Å². The van der Waals surface area contributed by atoms with Crippen LogP contribution in [0.1, 0.15) is 28.4 Å². The van der Waals surface area contributed by atoms with Gasteiger partial charge >= 0.3 is 15.6 Å². The fraction of sp³-hybridized carbons (Fsp3) is 0.273. The fourth-order valence-electron chi connectivity index (χ4n) is 1.36. The Morgan fingerprint density at radius 3 is 2.33 bits per heavy atom. The van der Waals surface area contributed by atoms with Crippen LogP contribution in [0.2, 0.25) is 5.02 Å². The molecule has 0 radical (unpaired) electrons. The molecule has 0 aromatic heterocycles. The van der Waals surface area contributed by atoms with Crippen molar-refractivity contribution < 1.29 is 30.6 Å². The van der Waals surface area contributed by atoms with Gasteiger partial charge in [-0.2, -0.15) is 26.9 Å². The summed E-state index contributed by atoms with van der Waals surface area (Å²) in [5.74, 6) is -1.79. The standard InChI is InChI=1S/C11H7ClF3NO4S/c1-5-8(4-16)10(7(6(2)17)3-9(5)12)20-21(18,19)11(13,14)15/h3H,1-2H3. The van der Waals surface area contributed by atoms with Crippen molar-refractivity contribution in [2.75, 3.05) is 0 Å². The van der Waals surface area contributed by atoms with Gasteiger partial charge in [-0.05, 0) is 25.5 Å². The Kier molecular flexibility index (Phi) is 4.55. The third-order valence-corrected chi connectivity index (χ3v) is 3.79. The Labute approximate surface area is 123 Å². The van der Waals surface area contributed by atoms with Gasteiger partial charge in [0.05, 0.1) is 5.56 Å².